The van der Waals surface area contributed by atoms with Crippen molar-refractivity contribution in [3.8, 4) is 0 Å². The lowest BCUT2D eigenvalue weighted by Crippen LogP contribution is -2.03. The van der Waals surface area contributed by atoms with E-state index in [1.807, 2.05) is 0 Å². The van der Waals surface area contributed by atoms with E-state index in [9.17, 15) is 13.2 Å². The van der Waals surface area contributed by atoms with E-state index in [1.54, 1.807) is 6.92 Å². The average molecular weight is 200 g/mol. The third-order valence-corrected chi connectivity index (χ3v) is 2.20. The van der Waals surface area contributed by atoms with Crippen LogP contribution in [0.4, 0.5) is 13.2 Å². The number of halogens is 3. The zero-order valence-electron chi connectivity index (χ0n) is 8.34. The molecular weight excluding hydrogens is 189 g/mol. The van der Waals surface area contributed by atoms with Crippen molar-refractivity contribution in [1.29, 1.82) is 0 Å². The van der Waals surface area contributed by atoms with Crippen molar-refractivity contribution < 1.29 is 13.2 Å². The Morgan fingerprint density at radius 3 is 1.79 bits per heavy atom. The molecule has 0 bridgehead atoms. The van der Waals surface area contributed by atoms with Gasteiger partial charge >= 0.3 is 0 Å². The Morgan fingerprint density at radius 1 is 0.929 bits per heavy atom. The normalized spacial score (nSPS) is 10.4. The molecular formula is C11H11F3. The molecule has 0 N–H and O–H groups in total. The highest BCUT2D eigenvalue weighted by Gasteiger charge is 2.19. The summed E-state index contributed by atoms with van der Waals surface area (Å²) in [6.45, 7) is 7.63. The molecule has 0 fully saturated rings. The van der Waals surface area contributed by atoms with Crippen molar-refractivity contribution >= 4 is 5.57 Å². The molecule has 0 unspecified atom stereocenters. The first-order valence-corrected chi connectivity index (χ1v) is 4.17. The topological polar surface area (TPSA) is 0 Å². The Bertz CT molecular complexity index is 376. The van der Waals surface area contributed by atoms with Crippen molar-refractivity contribution in [2.24, 2.45) is 0 Å². The fourth-order valence-electron chi connectivity index (χ4n) is 1.39. The quantitative estimate of drug-likeness (QED) is 0.605. The van der Waals surface area contributed by atoms with Crippen molar-refractivity contribution in [3.05, 3.63) is 40.7 Å². The maximum Gasteiger partial charge on any atom is 0.164 e. The smallest absolute Gasteiger partial charge is 0.164 e. The van der Waals surface area contributed by atoms with E-state index in [4.69, 9.17) is 0 Å². The molecule has 1 rings (SSSR count). The van der Waals surface area contributed by atoms with Gasteiger partial charge in [-0.25, -0.2) is 13.2 Å². The zero-order valence-corrected chi connectivity index (χ0v) is 8.34. The van der Waals surface area contributed by atoms with E-state index < -0.39 is 17.5 Å². The van der Waals surface area contributed by atoms with Crippen molar-refractivity contribution in [1.82, 2.24) is 0 Å². The highest BCUT2D eigenvalue weighted by molar-refractivity contribution is 5.66. The van der Waals surface area contributed by atoms with Gasteiger partial charge in [0.25, 0.3) is 0 Å². The Balaban J connectivity index is 3.68. The van der Waals surface area contributed by atoms with Crippen LogP contribution in [0.15, 0.2) is 6.58 Å². The summed E-state index contributed by atoms with van der Waals surface area (Å²) in [4.78, 5) is 0. The summed E-state index contributed by atoms with van der Waals surface area (Å²) in [5, 5.41) is 0. The predicted molar refractivity (Wildman–Crippen MR) is 50.5 cm³/mol. The molecule has 0 aromatic heterocycles. The maximum atomic E-state index is 13.5. The van der Waals surface area contributed by atoms with Gasteiger partial charge in [0.1, 0.15) is 5.82 Å². The van der Waals surface area contributed by atoms with Crippen molar-refractivity contribution in [3.63, 3.8) is 0 Å². The Labute approximate surface area is 81.1 Å². The highest BCUT2D eigenvalue weighted by Crippen LogP contribution is 2.28. The summed E-state index contributed by atoms with van der Waals surface area (Å²) in [6.07, 6.45) is 0. The van der Waals surface area contributed by atoms with E-state index >= 15 is 0 Å². The second kappa shape index (κ2) is 3.48. The maximum absolute atomic E-state index is 13.5. The molecule has 0 heterocycles. The van der Waals surface area contributed by atoms with Crippen molar-refractivity contribution in [2.75, 3.05) is 0 Å². The fraction of sp³-hybridized carbons (Fsp3) is 0.273. The van der Waals surface area contributed by atoms with Crippen LogP contribution in [0, 0.1) is 31.3 Å². The van der Waals surface area contributed by atoms with Crippen LogP contribution in [-0.4, -0.2) is 0 Å². The molecule has 1 aromatic carbocycles. The van der Waals surface area contributed by atoms with Crippen LogP contribution in [0.1, 0.15) is 23.6 Å². The largest absolute Gasteiger partial charge is 0.206 e. The summed E-state index contributed by atoms with van der Waals surface area (Å²) in [5.41, 5.74) is 0.132. The van der Waals surface area contributed by atoms with Gasteiger partial charge in [0.2, 0.25) is 0 Å². The van der Waals surface area contributed by atoms with Crippen LogP contribution >= 0.6 is 0 Å². The van der Waals surface area contributed by atoms with Gasteiger partial charge in [-0.2, -0.15) is 0 Å². The van der Waals surface area contributed by atoms with Gasteiger partial charge in [-0.15, -0.1) is 0 Å². The Morgan fingerprint density at radius 2 is 1.36 bits per heavy atom. The molecule has 0 spiro atoms. The van der Waals surface area contributed by atoms with Crippen LogP contribution < -0.4 is 0 Å². The van der Waals surface area contributed by atoms with Crippen LogP contribution in [-0.2, 0) is 0 Å². The highest BCUT2D eigenvalue weighted by atomic mass is 19.2. The first-order chi connectivity index (χ1) is 6.37. The van der Waals surface area contributed by atoms with E-state index in [0.29, 0.717) is 5.57 Å². The number of hydrogen-bond donors (Lipinski definition) is 0. The Hall–Kier alpha value is -1.25. The second-order valence-electron chi connectivity index (χ2n) is 3.35. The van der Waals surface area contributed by atoms with E-state index in [-0.39, 0.29) is 16.7 Å². The van der Waals surface area contributed by atoms with Gasteiger partial charge in [0.15, 0.2) is 11.6 Å². The summed E-state index contributed by atoms with van der Waals surface area (Å²) < 4.78 is 39.7. The molecule has 0 radical (unpaired) electrons. The number of allylic oxidation sites excluding steroid dienone is 1. The fourth-order valence-corrected chi connectivity index (χ4v) is 1.39. The lowest BCUT2D eigenvalue weighted by molar-refractivity contribution is 0.479. The van der Waals surface area contributed by atoms with Gasteiger partial charge in [-0.05, 0) is 31.9 Å². The first kappa shape index (κ1) is 10.8. The van der Waals surface area contributed by atoms with Crippen LogP contribution in [0.3, 0.4) is 0 Å². The van der Waals surface area contributed by atoms with E-state index in [1.165, 1.54) is 13.8 Å². The molecule has 0 nitrogen and oxygen atoms in total. The SMILES string of the molecule is C=C(C)c1c(C)c(F)c(F)c(C)c1F. The monoisotopic (exact) mass is 200 g/mol. The molecule has 1 aromatic rings. The lowest BCUT2D eigenvalue weighted by atomic mass is 9.98. The lowest BCUT2D eigenvalue weighted by Gasteiger charge is -2.11. The van der Waals surface area contributed by atoms with Crippen LogP contribution in [0.25, 0.3) is 5.57 Å². The second-order valence-corrected chi connectivity index (χ2v) is 3.35. The van der Waals surface area contributed by atoms with Gasteiger partial charge < -0.3 is 0 Å². The van der Waals surface area contributed by atoms with E-state index in [0.717, 1.165) is 0 Å². The van der Waals surface area contributed by atoms with Gasteiger partial charge in [-0.1, -0.05) is 6.58 Å². The minimum absolute atomic E-state index is 0.0295. The van der Waals surface area contributed by atoms with Gasteiger partial charge in [0, 0.05) is 11.1 Å². The third kappa shape index (κ3) is 1.43. The summed E-state index contributed by atoms with van der Waals surface area (Å²) >= 11 is 0. The van der Waals surface area contributed by atoms with Gasteiger partial charge in [0.05, 0.1) is 0 Å². The van der Waals surface area contributed by atoms with Gasteiger partial charge in [-0.3, -0.25) is 0 Å². The number of rotatable bonds is 1. The summed E-state index contributed by atoms with van der Waals surface area (Å²) in [5.74, 6) is -2.85. The minimum atomic E-state index is -1.12. The molecule has 0 aliphatic heterocycles. The molecule has 14 heavy (non-hydrogen) atoms. The minimum Gasteiger partial charge on any atom is -0.206 e. The third-order valence-electron chi connectivity index (χ3n) is 2.20. The molecule has 0 saturated heterocycles. The molecule has 0 saturated carbocycles. The van der Waals surface area contributed by atoms with Crippen molar-refractivity contribution in [2.45, 2.75) is 20.8 Å². The number of hydrogen-bond acceptors (Lipinski definition) is 0. The standard InChI is InChI=1S/C11H11F3/c1-5(2)8-6(3)10(13)11(14)7(4)9(8)12/h1H2,2-4H3. The molecule has 0 aliphatic rings. The molecule has 76 valence electrons. The predicted octanol–water partition coefficient (Wildman–Crippen LogP) is 3.75. The summed E-state index contributed by atoms with van der Waals surface area (Å²) in [6, 6.07) is 0. The van der Waals surface area contributed by atoms with E-state index in [2.05, 4.69) is 6.58 Å². The average Bonchev–Trinajstić information content (AvgIpc) is 2.11. The molecule has 0 amide bonds. The number of benzene rings is 1. The molecule has 3 heteroatoms. The first-order valence-electron chi connectivity index (χ1n) is 4.17. The zero-order chi connectivity index (χ0) is 11.0. The molecule has 0 aliphatic carbocycles. The van der Waals surface area contributed by atoms with Crippen LogP contribution in [0.5, 0.6) is 0 Å². The summed E-state index contributed by atoms with van der Waals surface area (Å²) in [7, 11) is 0. The molecule has 0 atom stereocenters. The van der Waals surface area contributed by atoms with Crippen LogP contribution in [0.2, 0.25) is 0 Å². The Kier molecular flexibility index (Phi) is 2.69.